The number of rotatable bonds is 6. The van der Waals surface area contributed by atoms with E-state index in [4.69, 9.17) is 11.5 Å². The molecule has 0 aromatic rings. The van der Waals surface area contributed by atoms with Gasteiger partial charge >= 0.3 is 0 Å². The molecule has 68 valence electrons. The Kier molecular flexibility index (Phi) is 6.57. The normalized spacial score (nSPS) is 16.4. The molecule has 11 heavy (non-hydrogen) atoms. The van der Waals surface area contributed by atoms with E-state index in [0.717, 1.165) is 13.1 Å². The van der Waals surface area contributed by atoms with Gasteiger partial charge in [-0.3, -0.25) is 0 Å². The zero-order chi connectivity index (χ0) is 8.69. The van der Waals surface area contributed by atoms with E-state index >= 15 is 0 Å². The number of hydrogen-bond acceptors (Lipinski definition) is 2. The lowest BCUT2D eigenvalue weighted by atomic mass is 9.95. The lowest BCUT2D eigenvalue weighted by Crippen LogP contribution is -2.17. The molecule has 0 fully saturated rings. The highest BCUT2D eigenvalue weighted by molar-refractivity contribution is 4.61. The Bertz CT molecular complexity index is 79.6. The van der Waals surface area contributed by atoms with Crippen molar-refractivity contribution in [1.29, 1.82) is 0 Å². The average molecular weight is 158 g/mol. The van der Waals surface area contributed by atoms with Crippen LogP contribution in [0.5, 0.6) is 0 Å². The molecule has 0 aliphatic rings. The third-order valence-corrected chi connectivity index (χ3v) is 2.38. The molecule has 0 saturated carbocycles. The Balaban J connectivity index is 3.34. The molecule has 2 nitrogen and oxygen atoms in total. The van der Waals surface area contributed by atoms with E-state index in [2.05, 4.69) is 13.8 Å². The minimum Gasteiger partial charge on any atom is -0.330 e. The minimum absolute atomic E-state index is 0.663. The summed E-state index contributed by atoms with van der Waals surface area (Å²) in [5, 5.41) is 0. The minimum atomic E-state index is 0.663. The molecule has 0 amide bonds. The van der Waals surface area contributed by atoms with Gasteiger partial charge in [-0.05, 0) is 37.8 Å². The summed E-state index contributed by atoms with van der Waals surface area (Å²) in [5.74, 6) is 1.37. The van der Waals surface area contributed by atoms with Gasteiger partial charge < -0.3 is 11.5 Å². The number of nitrogens with two attached hydrogens (primary N) is 2. The zero-order valence-electron chi connectivity index (χ0n) is 7.84. The molecule has 0 aromatic carbocycles. The summed E-state index contributed by atoms with van der Waals surface area (Å²) in [6.07, 6.45) is 3.67. The predicted molar refractivity (Wildman–Crippen MR) is 50.3 cm³/mol. The van der Waals surface area contributed by atoms with E-state index in [1.165, 1.54) is 19.3 Å². The average Bonchev–Trinajstić information content (AvgIpc) is 2.06. The van der Waals surface area contributed by atoms with Crippen LogP contribution in [0.15, 0.2) is 0 Å². The molecule has 2 atom stereocenters. The van der Waals surface area contributed by atoms with E-state index < -0.39 is 0 Å². The van der Waals surface area contributed by atoms with Gasteiger partial charge in [0.25, 0.3) is 0 Å². The highest BCUT2D eigenvalue weighted by Gasteiger charge is 2.05. The van der Waals surface area contributed by atoms with Gasteiger partial charge in [0.05, 0.1) is 0 Å². The third kappa shape index (κ3) is 5.22. The molecule has 4 N–H and O–H groups in total. The van der Waals surface area contributed by atoms with Crippen molar-refractivity contribution in [2.24, 2.45) is 23.3 Å². The Morgan fingerprint density at radius 1 is 1.09 bits per heavy atom. The summed E-state index contributed by atoms with van der Waals surface area (Å²) >= 11 is 0. The van der Waals surface area contributed by atoms with Crippen LogP contribution in [-0.4, -0.2) is 13.1 Å². The van der Waals surface area contributed by atoms with Gasteiger partial charge in [-0.1, -0.05) is 20.3 Å². The highest BCUT2D eigenvalue weighted by atomic mass is 14.6. The molecular weight excluding hydrogens is 136 g/mol. The maximum atomic E-state index is 5.58. The maximum Gasteiger partial charge on any atom is -0.00490 e. The Morgan fingerprint density at radius 2 is 1.73 bits per heavy atom. The Morgan fingerprint density at radius 3 is 2.09 bits per heavy atom. The lowest BCUT2D eigenvalue weighted by molar-refractivity contribution is 0.410. The molecule has 0 aromatic heterocycles. The molecule has 0 spiro atoms. The first kappa shape index (κ1) is 10.9. The first-order valence-corrected chi connectivity index (χ1v) is 4.64. The van der Waals surface area contributed by atoms with Crippen LogP contribution in [0.3, 0.4) is 0 Å². The SMILES string of the molecule is CCC(CN)CCC(C)CN. The molecule has 0 heterocycles. The van der Waals surface area contributed by atoms with Crippen molar-refractivity contribution in [3.05, 3.63) is 0 Å². The van der Waals surface area contributed by atoms with Crippen molar-refractivity contribution in [1.82, 2.24) is 0 Å². The van der Waals surface area contributed by atoms with Gasteiger partial charge in [-0.2, -0.15) is 0 Å². The summed E-state index contributed by atoms with van der Waals surface area (Å²) in [4.78, 5) is 0. The molecule has 0 radical (unpaired) electrons. The van der Waals surface area contributed by atoms with Crippen molar-refractivity contribution in [2.45, 2.75) is 33.1 Å². The quantitative estimate of drug-likeness (QED) is 0.613. The van der Waals surface area contributed by atoms with Crippen LogP contribution >= 0.6 is 0 Å². The molecular formula is C9H22N2. The zero-order valence-corrected chi connectivity index (χ0v) is 7.84. The van der Waals surface area contributed by atoms with Crippen LogP contribution in [0.1, 0.15) is 33.1 Å². The van der Waals surface area contributed by atoms with Crippen molar-refractivity contribution in [2.75, 3.05) is 13.1 Å². The summed E-state index contributed by atoms with van der Waals surface area (Å²) in [5.41, 5.74) is 11.1. The molecule has 0 rings (SSSR count). The van der Waals surface area contributed by atoms with E-state index in [1.54, 1.807) is 0 Å². The fraction of sp³-hybridized carbons (Fsp3) is 1.00. The van der Waals surface area contributed by atoms with Gasteiger partial charge in [0, 0.05) is 0 Å². The van der Waals surface area contributed by atoms with Crippen LogP contribution in [0.4, 0.5) is 0 Å². The van der Waals surface area contributed by atoms with Gasteiger partial charge in [0.2, 0.25) is 0 Å². The molecule has 0 aliphatic heterocycles. The third-order valence-electron chi connectivity index (χ3n) is 2.38. The van der Waals surface area contributed by atoms with Crippen LogP contribution in [0.25, 0.3) is 0 Å². The van der Waals surface area contributed by atoms with Gasteiger partial charge in [0.15, 0.2) is 0 Å². The van der Waals surface area contributed by atoms with Crippen LogP contribution in [-0.2, 0) is 0 Å². The topological polar surface area (TPSA) is 52.0 Å². The predicted octanol–water partition coefficient (Wildman–Crippen LogP) is 1.35. The van der Waals surface area contributed by atoms with Crippen LogP contribution < -0.4 is 11.5 Å². The second kappa shape index (κ2) is 6.62. The molecule has 0 bridgehead atoms. The fourth-order valence-corrected chi connectivity index (χ4v) is 1.13. The Labute approximate surface area is 70.3 Å². The van der Waals surface area contributed by atoms with E-state index in [-0.39, 0.29) is 0 Å². The first-order chi connectivity index (χ1) is 5.24. The van der Waals surface area contributed by atoms with E-state index in [1.807, 2.05) is 0 Å². The van der Waals surface area contributed by atoms with Crippen LogP contribution in [0, 0.1) is 11.8 Å². The smallest absolute Gasteiger partial charge is 0.00490 e. The first-order valence-electron chi connectivity index (χ1n) is 4.64. The van der Waals surface area contributed by atoms with Gasteiger partial charge in [-0.15, -0.1) is 0 Å². The Hall–Kier alpha value is -0.0800. The van der Waals surface area contributed by atoms with Gasteiger partial charge in [-0.25, -0.2) is 0 Å². The summed E-state index contributed by atoms with van der Waals surface area (Å²) in [6, 6.07) is 0. The van der Waals surface area contributed by atoms with E-state index in [0.29, 0.717) is 11.8 Å². The molecule has 0 saturated heterocycles. The monoisotopic (exact) mass is 158 g/mol. The summed E-state index contributed by atoms with van der Waals surface area (Å²) < 4.78 is 0. The van der Waals surface area contributed by atoms with E-state index in [9.17, 15) is 0 Å². The van der Waals surface area contributed by atoms with Crippen molar-refractivity contribution < 1.29 is 0 Å². The fourth-order valence-electron chi connectivity index (χ4n) is 1.13. The van der Waals surface area contributed by atoms with Gasteiger partial charge in [0.1, 0.15) is 0 Å². The summed E-state index contributed by atoms with van der Waals surface area (Å²) in [7, 11) is 0. The van der Waals surface area contributed by atoms with Crippen molar-refractivity contribution >= 4 is 0 Å². The second-order valence-corrected chi connectivity index (χ2v) is 3.43. The van der Waals surface area contributed by atoms with Crippen molar-refractivity contribution in [3.8, 4) is 0 Å². The second-order valence-electron chi connectivity index (χ2n) is 3.43. The maximum absolute atomic E-state index is 5.58. The largest absolute Gasteiger partial charge is 0.330 e. The standard InChI is InChI=1S/C9H22N2/c1-3-9(7-11)5-4-8(2)6-10/h8-9H,3-7,10-11H2,1-2H3. The van der Waals surface area contributed by atoms with Crippen LogP contribution in [0.2, 0.25) is 0 Å². The number of hydrogen-bond donors (Lipinski definition) is 2. The molecule has 0 aliphatic carbocycles. The molecule has 2 unspecified atom stereocenters. The summed E-state index contributed by atoms with van der Waals surface area (Å²) in [6.45, 7) is 6.03. The molecule has 2 heteroatoms. The highest BCUT2D eigenvalue weighted by Crippen LogP contribution is 2.13. The lowest BCUT2D eigenvalue weighted by Gasteiger charge is -2.14. The van der Waals surface area contributed by atoms with Crippen molar-refractivity contribution in [3.63, 3.8) is 0 Å².